The molecule has 3 N–H and O–H groups in total. The van der Waals surface area contributed by atoms with Crippen molar-refractivity contribution in [3.05, 3.63) is 47.7 Å². The number of nitriles is 1. The van der Waals surface area contributed by atoms with Gasteiger partial charge in [-0.25, -0.2) is 4.98 Å². The summed E-state index contributed by atoms with van der Waals surface area (Å²) in [7, 11) is 0. The van der Waals surface area contributed by atoms with Gasteiger partial charge < -0.3 is 16.0 Å². The van der Waals surface area contributed by atoms with Gasteiger partial charge in [-0.15, -0.1) is 0 Å². The lowest BCUT2D eigenvalue weighted by molar-refractivity contribution is 0.479. The highest BCUT2D eigenvalue weighted by Gasteiger charge is 2.28. The van der Waals surface area contributed by atoms with Gasteiger partial charge in [0.05, 0.1) is 17.8 Å². The van der Waals surface area contributed by atoms with Crippen molar-refractivity contribution in [2.75, 3.05) is 23.7 Å². The quantitative estimate of drug-likeness (QED) is 0.635. The first-order valence-electron chi connectivity index (χ1n) is 9.93. The molecule has 3 aromatic rings. The summed E-state index contributed by atoms with van der Waals surface area (Å²) >= 11 is 0. The van der Waals surface area contributed by atoms with Crippen LogP contribution in [0.15, 0.2) is 36.5 Å². The second-order valence-electron chi connectivity index (χ2n) is 7.64. The molecule has 0 bridgehead atoms. The number of aromatic nitrogens is 3. The summed E-state index contributed by atoms with van der Waals surface area (Å²) in [5.74, 6) is 2.28. The first-order chi connectivity index (χ1) is 13.8. The molecule has 1 saturated carbocycles. The number of fused-ring (bicyclic) bond motifs is 1. The zero-order valence-corrected chi connectivity index (χ0v) is 15.7. The van der Waals surface area contributed by atoms with Crippen LogP contribution in [0.5, 0.6) is 0 Å². The Morgan fingerprint density at radius 1 is 1.21 bits per heavy atom. The van der Waals surface area contributed by atoms with Gasteiger partial charge in [0.25, 0.3) is 0 Å². The molecule has 2 aromatic heterocycles. The van der Waals surface area contributed by atoms with Gasteiger partial charge in [-0.3, -0.25) is 0 Å². The maximum atomic E-state index is 9.18. The molecular weight excluding hydrogens is 350 g/mol. The topological polar surface area (TPSA) is 90.1 Å². The van der Waals surface area contributed by atoms with E-state index in [4.69, 9.17) is 4.98 Å². The average Bonchev–Trinajstić information content (AvgIpc) is 3.48. The van der Waals surface area contributed by atoms with Crippen LogP contribution in [0, 0.1) is 11.3 Å². The van der Waals surface area contributed by atoms with Crippen molar-refractivity contribution in [3.8, 4) is 6.07 Å². The van der Waals surface area contributed by atoms with Crippen molar-refractivity contribution in [2.24, 2.45) is 0 Å². The predicted octanol–water partition coefficient (Wildman–Crippen LogP) is 3.39. The fourth-order valence-corrected chi connectivity index (χ4v) is 3.82. The third-order valence-corrected chi connectivity index (χ3v) is 5.43. The van der Waals surface area contributed by atoms with Gasteiger partial charge in [-0.1, -0.05) is 6.07 Å². The van der Waals surface area contributed by atoms with Crippen LogP contribution in [0.1, 0.15) is 42.7 Å². The van der Waals surface area contributed by atoms with Crippen molar-refractivity contribution in [1.29, 1.82) is 5.26 Å². The molecule has 1 aliphatic heterocycles. The van der Waals surface area contributed by atoms with Crippen LogP contribution in [-0.4, -0.2) is 33.7 Å². The Morgan fingerprint density at radius 2 is 2.14 bits per heavy atom. The zero-order chi connectivity index (χ0) is 18.9. The van der Waals surface area contributed by atoms with Crippen molar-refractivity contribution < 1.29 is 0 Å². The number of anilines is 3. The van der Waals surface area contributed by atoms with Crippen LogP contribution >= 0.6 is 0 Å². The highest BCUT2D eigenvalue weighted by molar-refractivity contribution is 5.67. The average molecular weight is 373 g/mol. The molecule has 1 unspecified atom stereocenters. The zero-order valence-electron chi connectivity index (χ0n) is 15.7. The monoisotopic (exact) mass is 373 g/mol. The van der Waals surface area contributed by atoms with Gasteiger partial charge in [0.1, 0.15) is 11.6 Å². The smallest absolute Gasteiger partial charge is 0.163 e. The van der Waals surface area contributed by atoms with Gasteiger partial charge in [0.15, 0.2) is 5.65 Å². The fraction of sp³-hybridized carbons (Fsp3) is 0.381. The SMILES string of the molecule is N#Cc1cccc(Nc2cc(NC3CCCNC3)nc3c(C4CC4)cnn23)c1. The molecule has 1 aliphatic carbocycles. The van der Waals surface area contributed by atoms with E-state index in [2.05, 4.69) is 27.1 Å². The maximum absolute atomic E-state index is 9.18. The molecule has 5 rings (SSSR count). The largest absolute Gasteiger partial charge is 0.366 e. The molecule has 1 atom stereocenters. The normalized spacial score (nSPS) is 19.3. The minimum absolute atomic E-state index is 0.380. The van der Waals surface area contributed by atoms with Crippen LogP contribution in [0.25, 0.3) is 5.65 Å². The minimum Gasteiger partial charge on any atom is -0.366 e. The van der Waals surface area contributed by atoms with E-state index in [-0.39, 0.29) is 0 Å². The molecule has 142 valence electrons. The number of benzene rings is 1. The van der Waals surface area contributed by atoms with E-state index in [0.717, 1.165) is 42.5 Å². The van der Waals surface area contributed by atoms with E-state index in [1.54, 1.807) is 6.07 Å². The summed E-state index contributed by atoms with van der Waals surface area (Å²) in [5, 5.41) is 24.2. The lowest BCUT2D eigenvalue weighted by atomic mass is 10.1. The molecule has 2 aliphatic rings. The van der Waals surface area contributed by atoms with Crippen molar-refractivity contribution >= 4 is 23.0 Å². The Hall–Kier alpha value is -3.11. The Bertz CT molecular complexity index is 1040. The number of hydrogen-bond acceptors (Lipinski definition) is 6. The predicted molar refractivity (Wildman–Crippen MR) is 109 cm³/mol. The van der Waals surface area contributed by atoms with E-state index in [1.807, 2.05) is 35.0 Å². The third-order valence-electron chi connectivity index (χ3n) is 5.43. The molecular formula is C21H23N7. The maximum Gasteiger partial charge on any atom is 0.163 e. The highest BCUT2D eigenvalue weighted by atomic mass is 15.3. The minimum atomic E-state index is 0.380. The summed E-state index contributed by atoms with van der Waals surface area (Å²) < 4.78 is 1.87. The summed E-state index contributed by atoms with van der Waals surface area (Å²) in [4.78, 5) is 4.90. The molecule has 2 fully saturated rings. The second-order valence-corrected chi connectivity index (χ2v) is 7.64. The van der Waals surface area contributed by atoms with Gasteiger partial charge in [0, 0.05) is 29.9 Å². The molecule has 0 amide bonds. The third kappa shape index (κ3) is 3.39. The molecule has 28 heavy (non-hydrogen) atoms. The molecule has 0 radical (unpaired) electrons. The molecule has 7 nitrogen and oxygen atoms in total. The Kier molecular flexibility index (Phi) is 4.34. The summed E-state index contributed by atoms with van der Waals surface area (Å²) in [6.45, 7) is 2.04. The van der Waals surface area contributed by atoms with Gasteiger partial charge in [-0.05, 0) is 56.3 Å². The number of nitrogens with zero attached hydrogens (tertiary/aromatic N) is 4. The Morgan fingerprint density at radius 3 is 2.93 bits per heavy atom. The highest BCUT2D eigenvalue weighted by Crippen LogP contribution is 2.42. The van der Waals surface area contributed by atoms with Crippen LogP contribution < -0.4 is 16.0 Å². The summed E-state index contributed by atoms with van der Waals surface area (Å²) in [6.07, 6.45) is 6.68. The van der Waals surface area contributed by atoms with Gasteiger partial charge >= 0.3 is 0 Å². The number of hydrogen-bond donors (Lipinski definition) is 3. The number of nitrogens with one attached hydrogen (secondary N) is 3. The van der Waals surface area contributed by atoms with E-state index in [0.29, 0.717) is 17.5 Å². The first kappa shape index (κ1) is 17.0. The van der Waals surface area contributed by atoms with Crippen LogP contribution in [-0.2, 0) is 0 Å². The second kappa shape index (κ2) is 7.13. The number of piperidine rings is 1. The Balaban J connectivity index is 1.52. The van der Waals surface area contributed by atoms with Gasteiger partial charge in [-0.2, -0.15) is 14.9 Å². The van der Waals surface area contributed by atoms with Crippen LogP contribution in [0.3, 0.4) is 0 Å². The van der Waals surface area contributed by atoms with Crippen molar-refractivity contribution in [3.63, 3.8) is 0 Å². The standard InChI is InChI=1S/C21H23N7/c22-11-14-3-1-4-16(9-14)26-20-10-19(25-17-5-2-8-23-12-17)27-21-18(15-6-7-15)13-24-28(20)21/h1,3-4,9-10,13,15,17,23,26H,2,5-8,12H2,(H,25,27). The summed E-state index contributed by atoms with van der Waals surface area (Å²) in [5.41, 5.74) is 3.62. The molecule has 0 spiro atoms. The van der Waals surface area contributed by atoms with Crippen molar-refractivity contribution in [1.82, 2.24) is 19.9 Å². The van der Waals surface area contributed by atoms with E-state index in [9.17, 15) is 5.26 Å². The number of rotatable bonds is 5. The Labute approximate surface area is 163 Å². The van der Waals surface area contributed by atoms with Crippen molar-refractivity contribution in [2.45, 2.75) is 37.6 Å². The summed E-state index contributed by atoms with van der Waals surface area (Å²) in [6, 6.07) is 12.1. The molecule has 3 heterocycles. The fourth-order valence-electron chi connectivity index (χ4n) is 3.82. The first-order valence-corrected chi connectivity index (χ1v) is 9.93. The molecule has 1 saturated heterocycles. The molecule has 7 heteroatoms. The lowest BCUT2D eigenvalue weighted by Gasteiger charge is -2.24. The van der Waals surface area contributed by atoms with Crippen LogP contribution in [0.2, 0.25) is 0 Å². The molecule has 1 aromatic carbocycles. The van der Waals surface area contributed by atoms with E-state index < -0.39 is 0 Å². The lowest BCUT2D eigenvalue weighted by Crippen LogP contribution is -2.38. The van der Waals surface area contributed by atoms with E-state index in [1.165, 1.54) is 24.8 Å². The van der Waals surface area contributed by atoms with Crippen LogP contribution in [0.4, 0.5) is 17.3 Å². The van der Waals surface area contributed by atoms with Gasteiger partial charge in [0.2, 0.25) is 0 Å². The van der Waals surface area contributed by atoms with E-state index >= 15 is 0 Å².